The van der Waals surface area contributed by atoms with Gasteiger partial charge < -0.3 is 10.1 Å². The highest BCUT2D eigenvalue weighted by Crippen LogP contribution is 2.33. The predicted molar refractivity (Wildman–Crippen MR) is 85.3 cm³/mol. The molecule has 112 valence electrons. The molecule has 2 nitrogen and oxygen atoms in total. The lowest BCUT2D eigenvalue weighted by molar-refractivity contribution is 0.371. The molecule has 2 atom stereocenters. The van der Waals surface area contributed by atoms with Crippen molar-refractivity contribution in [2.75, 3.05) is 7.11 Å². The quantitative estimate of drug-likeness (QED) is 0.826. The van der Waals surface area contributed by atoms with E-state index in [1.807, 2.05) is 0 Å². The molecule has 0 saturated heterocycles. The van der Waals surface area contributed by atoms with Gasteiger partial charge in [-0.15, -0.1) is 0 Å². The summed E-state index contributed by atoms with van der Waals surface area (Å²) in [6.45, 7) is 6.91. The minimum Gasteiger partial charge on any atom is -0.497 e. The van der Waals surface area contributed by atoms with Crippen molar-refractivity contribution in [2.24, 2.45) is 5.92 Å². The van der Waals surface area contributed by atoms with Gasteiger partial charge in [0.1, 0.15) is 5.75 Å². The molecule has 20 heavy (non-hydrogen) atoms. The van der Waals surface area contributed by atoms with Gasteiger partial charge in [-0.05, 0) is 68.2 Å². The minimum atomic E-state index is 0.496. The van der Waals surface area contributed by atoms with Crippen molar-refractivity contribution < 1.29 is 4.74 Å². The average Bonchev–Trinajstić information content (AvgIpc) is 2.45. The standard InChI is InChI=1S/C18H29NO/c1-13(2)8-9-14(3)19-18-7-5-6-15-10-11-16(20-4)12-17(15)18/h10-14,18-19H,5-9H2,1-4H3. The van der Waals surface area contributed by atoms with Gasteiger partial charge in [0.25, 0.3) is 0 Å². The Kier molecular flexibility index (Phi) is 5.47. The van der Waals surface area contributed by atoms with Gasteiger partial charge in [-0.2, -0.15) is 0 Å². The Morgan fingerprint density at radius 1 is 1.25 bits per heavy atom. The first kappa shape index (κ1) is 15.4. The van der Waals surface area contributed by atoms with Gasteiger partial charge in [0.05, 0.1) is 7.11 Å². The molecule has 1 aromatic rings. The second-order valence-corrected chi connectivity index (χ2v) is 6.55. The molecule has 0 amide bonds. The zero-order chi connectivity index (χ0) is 14.5. The van der Waals surface area contributed by atoms with E-state index < -0.39 is 0 Å². The summed E-state index contributed by atoms with van der Waals surface area (Å²) >= 11 is 0. The first-order chi connectivity index (χ1) is 9.60. The molecular formula is C18H29NO. The van der Waals surface area contributed by atoms with Crippen LogP contribution in [0.1, 0.15) is 63.6 Å². The van der Waals surface area contributed by atoms with E-state index in [1.165, 1.54) is 43.2 Å². The Bertz CT molecular complexity index is 427. The second-order valence-electron chi connectivity index (χ2n) is 6.55. The van der Waals surface area contributed by atoms with Gasteiger partial charge >= 0.3 is 0 Å². The molecule has 2 unspecified atom stereocenters. The zero-order valence-corrected chi connectivity index (χ0v) is 13.4. The molecule has 1 aromatic carbocycles. The second kappa shape index (κ2) is 7.12. The Hall–Kier alpha value is -1.02. The van der Waals surface area contributed by atoms with E-state index in [0.29, 0.717) is 12.1 Å². The summed E-state index contributed by atoms with van der Waals surface area (Å²) in [7, 11) is 1.75. The maximum atomic E-state index is 5.38. The first-order valence-electron chi connectivity index (χ1n) is 8.03. The number of nitrogens with one attached hydrogen (secondary N) is 1. The Balaban J connectivity index is 2.03. The molecule has 0 spiro atoms. The third kappa shape index (κ3) is 3.99. The summed E-state index contributed by atoms with van der Waals surface area (Å²) in [6, 6.07) is 7.63. The minimum absolute atomic E-state index is 0.496. The molecule has 0 fully saturated rings. The molecule has 0 radical (unpaired) electrons. The number of rotatable bonds is 6. The van der Waals surface area contributed by atoms with Crippen LogP contribution in [0.25, 0.3) is 0 Å². The van der Waals surface area contributed by atoms with Gasteiger partial charge in [0, 0.05) is 12.1 Å². The van der Waals surface area contributed by atoms with Gasteiger partial charge in [-0.3, -0.25) is 0 Å². The van der Waals surface area contributed by atoms with Gasteiger partial charge in [-0.25, -0.2) is 0 Å². The summed E-state index contributed by atoms with van der Waals surface area (Å²) in [6.07, 6.45) is 6.29. The summed E-state index contributed by atoms with van der Waals surface area (Å²) in [5.74, 6) is 1.77. The van der Waals surface area contributed by atoms with E-state index in [4.69, 9.17) is 4.74 Å². The van der Waals surface area contributed by atoms with Gasteiger partial charge in [0.2, 0.25) is 0 Å². The SMILES string of the molecule is COc1ccc2c(c1)C(NC(C)CCC(C)C)CCC2. The highest BCUT2D eigenvalue weighted by atomic mass is 16.5. The number of hydrogen-bond acceptors (Lipinski definition) is 2. The zero-order valence-electron chi connectivity index (χ0n) is 13.4. The molecule has 2 heteroatoms. The summed E-state index contributed by atoms with van der Waals surface area (Å²) in [5.41, 5.74) is 2.94. The maximum Gasteiger partial charge on any atom is 0.119 e. The van der Waals surface area contributed by atoms with Crippen LogP contribution in [-0.2, 0) is 6.42 Å². The van der Waals surface area contributed by atoms with Crippen molar-refractivity contribution in [3.05, 3.63) is 29.3 Å². The number of ether oxygens (including phenoxy) is 1. The molecule has 0 heterocycles. The molecule has 1 aliphatic rings. The Morgan fingerprint density at radius 3 is 2.75 bits per heavy atom. The van der Waals surface area contributed by atoms with Crippen LogP contribution in [0.3, 0.4) is 0 Å². The largest absolute Gasteiger partial charge is 0.497 e. The normalized spacial score (nSPS) is 19.8. The fourth-order valence-corrected chi connectivity index (χ4v) is 3.09. The van der Waals surface area contributed by atoms with Crippen LogP contribution in [0.2, 0.25) is 0 Å². The fraction of sp³-hybridized carbons (Fsp3) is 0.667. The molecule has 0 aliphatic heterocycles. The third-order valence-corrected chi connectivity index (χ3v) is 4.33. The topological polar surface area (TPSA) is 21.3 Å². The van der Waals surface area contributed by atoms with Gasteiger partial charge in [-0.1, -0.05) is 19.9 Å². The molecule has 0 saturated carbocycles. The van der Waals surface area contributed by atoms with Crippen molar-refractivity contribution in [1.82, 2.24) is 5.32 Å². The monoisotopic (exact) mass is 275 g/mol. The third-order valence-electron chi connectivity index (χ3n) is 4.33. The molecule has 0 bridgehead atoms. The van der Waals surface area contributed by atoms with Crippen molar-refractivity contribution in [3.63, 3.8) is 0 Å². The Morgan fingerprint density at radius 2 is 2.05 bits per heavy atom. The van der Waals surface area contributed by atoms with E-state index in [-0.39, 0.29) is 0 Å². The molecule has 0 aromatic heterocycles. The van der Waals surface area contributed by atoms with E-state index in [1.54, 1.807) is 7.11 Å². The molecule has 1 N–H and O–H groups in total. The number of benzene rings is 1. The predicted octanol–water partition coefficient (Wildman–Crippen LogP) is 4.49. The van der Waals surface area contributed by atoms with E-state index in [0.717, 1.165) is 11.7 Å². The van der Waals surface area contributed by atoms with Crippen LogP contribution in [0, 0.1) is 5.92 Å². The summed E-state index contributed by atoms with van der Waals surface area (Å²) in [4.78, 5) is 0. The summed E-state index contributed by atoms with van der Waals surface area (Å²) < 4.78 is 5.38. The average molecular weight is 275 g/mol. The van der Waals surface area contributed by atoms with Crippen LogP contribution in [-0.4, -0.2) is 13.2 Å². The lowest BCUT2D eigenvalue weighted by Crippen LogP contribution is -2.33. The van der Waals surface area contributed by atoms with E-state index in [9.17, 15) is 0 Å². The Labute approximate surface area is 123 Å². The molecule has 2 rings (SSSR count). The number of aryl methyl sites for hydroxylation is 1. The number of methoxy groups -OCH3 is 1. The van der Waals surface area contributed by atoms with Crippen LogP contribution in [0.4, 0.5) is 0 Å². The van der Waals surface area contributed by atoms with Crippen molar-refractivity contribution in [3.8, 4) is 5.75 Å². The van der Waals surface area contributed by atoms with Crippen molar-refractivity contribution in [1.29, 1.82) is 0 Å². The highest BCUT2D eigenvalue weighted by Gasteiger charge is 2.22. The highest BCUT2D eigenvalue weighted by molar-refractivity contribution is 5.39. The van der Waals surface area contributed by atoms with Crippen molar-refractivity contribution in [2.45, 2.75) is 65.0 Å². The first-order valence-corrected chi connectivity index (χ1v) is 8.03. The van der Waals surface area contributed by atoms with Crippen LogP contribution >= 0.6 is 0 Å². The number of hydrogen-bond donors (Lipinski definition) is 1. The van der Waals surface area contributed by atoms with Crippen LogP contribution in [0.5, 0.6) is 5.75 Å². The number of fused-ring (bicyclic) bond motifs is 1. The van der Waals surface area contributed by atoms with Crippen LogP contribution in [0.15, 0.2) is 18.2 Å². The molecule has 1 aliphatic carbocycles. The fourth-order valence-electron chi connectivity index (χ4n) is 3.09. The van der Waals surface area contributed by atoms with Gasteiger partial charge in [0.15, 0.2) is 0 Å². The maximum absolute atomic E-state index is 5.38. The lowest BCUT2D eigenvalue weighted by Gasteiger charge is -2.30. The smallest absolute Gasteiger partial charge is 0.119 e. The van der Waals surface area contributed by atoms with E-state index in [2.05, 4.69) is 44.3 Å². The molecular weight excluding hydrogens is 246 g/mol. The van der Waals surface area contributed by atoms with Crippen LogP contribution < -0.4 is 10.1 Å². The summed E-state index contributed by atoms with van der Waals surface area (Å²) in [5, 5.41) is 3.83. The lowest BCUT2D eigenvalue weighted by atomic mass is 9.87. The van der Waals surface area contributed by atoms with E-state index >= 15 is 0 Å². The van der Waals surface area contributed by atoms with Crippen molar-refractivity contribution >= 4 is 0 Å².